The van der Waals surface area contributed by atoms with Gasteiger partial charge in [0.25, 0.3) is 0 Å². The largest absolute Gasteiger partial charge is 0.380 e. The maximum atomic E-state index is 8.72. The zero-order chi connectivity index (χ0) is 12.8. The average Bonchev–Trinajstić information content (AvgIpc) is 2.83. The number of aromatic nitrogens is 1. The maximum Gasteiger partial charge on any atom is 0.140 e. The summed E-state index contributed by atoms with van der Waals surface area (Å²) >= 11 is 0. The molecule has 0 radical (unpaired) electrons. The number of nitrogens with zero attached hydrogens (tertiary/aromatic N) is 2. The summed E-state index contributed by atoms with van der Waals surface area (Å²) in [6.45, 7) is 5.37. The lowest BCUT2D eigenvalue weighted by Crippen LogP contribution is -2.63. The van der Waals surface area contributed by atoms with E-state index in [4.69, 9.17) is 10.00 Å². The summed E-state index contributed by atoms with van der Waals surface area (Å²) in [5.74, 6) is 0.607. The van der Waals surface area contributed by atoms with Gasteiger partial charge in [-0.3, -0.25) is 0 Å². The number of hydrogen-bond acceptors (Lipinski definition) is 4. The number of nitrogens with one attached hydrogen (secondary N) is 1. The average molecular weight is 243 g/mol. The Morgan fingerprint density at radius 1 is 1.50 bits per heavy atom. The minimum absolute atomic E-state index is 0.162. The van der Waals surface area contributed by atoms with Crippen LogP contribution in [0.2, 0.25) is 0 Å². The van der Waals surface area contributed by atoms with Gasteiger partial charge in [-0.1, -0.05) is 13.8 Å². The first-order chi connectivity index (χ1) is 8.63. The Labute approximate surface area is 107 Å². The number of hydrogen-bond donors (Lipinski definition) is 1. The van der Waals surface area contributed by atoms with Gasteiger partial charge >= 0.3 is 0 Å². The smallest absolute Gasteiger partial charge is 0.140 e. The van der Waals surface area contributed by atoms with Crippen LogP contribution in [0.3, 0.4) is 0 Å². The molecule has 2 aliphatic rings. The van der Waals surface area contributed by atoms with Gasteiger partial charge in [0.05, 0.1) is 18.0 Å². The summed E-state index contributed by atoms with van der Waals surface area (Å²) in [5.41, 5.74) is 1.60. The third-order valence-electron chi connectivity index (χ3n) is 4.30. The van der Waals surface area contributed by atoms with Crippen molar-refractivity contribution in [2.75, 3.05) is 11.9 Å². The maximum absolute atomic E-state index is 8.72. The summed E-state index contributed by atoms with van der Waals surface area (Å²) in [5, 5.41) is 12.3. The van der Waals surface area contributed by atoms with Crippen LogP contribution in [0.5, 0.6) is 0 Å². The van der Waals surface area contributed by atoms with E-state index in [0.29, 0.717) is 23.8 Å². The molecule has 1 aromatic rings. The normalized spacial score (nSPS) is 32.2. The summed E-state index contributed by atoms with van der Waals surface area (Å²) in [6, 6.07) is 6.13. The van der Waals surface area contributed by atoms with E-state index in [1.54, 1.807) is 12.3 Å². The van der Waals surface area contributed by atoms with Crippen molar-refractivity contribution < 1.29 is 4.74 Å². The Hall–Kier alpha value is -1.60. The van der Waals surface area contributed by atoms with Crippen LogP contribution >= 0.6 is 0 Å². The van der Waals surface area contributed by atoms with Gasteiger partial charge in [-0.05, 0) is 18.6 Å². The molecule has 1 aliphatic heterocycles. The van der Waals surface area contributed by atoms with Gasteiger partial charge < -0.3 is 10.1 Å². The summed E-state index contributed by atoms with van der Waals surface area (Å²) < 4.78 is 5.77. The monoisotopic (exact) mass is 243 g/mol. The second kappa shape index (κ2) is 3.96. The Morgan fingerprint density at radius 2 is 2.33 bits per heavy atom. The first kappa shape index (κ1) is 11.5. The molecule has 0 spiro atoms. The molecule has 0 unspecified atom stereocenters. The van der Waals surface area contributed by atoms with Crippen molar-refractivity contribution in [3.8, 4) is 6.07 Å². The summed E-state index contributed by atoms with van der Waals surface area (Å²) in [7, 11) is 0. The van der Waals surface area contributed by atoms with E-state index in [9.17, 15) is 0 Å². The molecule has 3 atom stereocenters. The zero-order valence-corrected chi connectivity index (χ0v) is 10.7. The fourth-order valence-electron chi connectivity index (χ4n) is 3.34. The quantitative estimate of drug-likeness (QED) is 0.865. The van der Waals surface area contributed by atoms with Crippen LogP contribution in [0.4, 0.5) is 5.69 Å². The zero-order valence-electron chi connectivity index (χ0n) is 10.7. The number of nitriles is 1. The van der Waals surface area contributed by atoms with Crippen LogP contribution in [-0.2, 0) is 4.74 Å². The molecule has 2 fully saturated rings. The Morgan fingerprint density at radius 3 is 3.00 bits per heavy atom. The van der Waals surface area contributed by atoms with E-state index in [-0.39, 0.29) is 5.41 Å². The Balaban J connectivity index is 1.74. The third-order valence-corrected chi connectivity index (χ3v) is 4.30. The standard InChI is InChI=1S/C14H17N3O/c1-14(2)12(11-5-6-18-13(11)14)17-10-4-3-9(7-15)16-8-10/h3-4,8,11-13,17H,5-6H2,1-2H3/t11-,12-,13-/m1/s1. The minimum Gasteiger partial charge on any atom is -0.380 e. The highest BCUT2D eigenvalue weighted by Crippen LogP contribution is 2.53. The van der Waals surface area contributed by atoms with Crippen LogP contribution in [0.15, 0.2) is 18.3 Å². The number of rotatable bonds is 2. The van der Waals surface area contributed by atoms with Crippen LogP contribution < -0.4 is 5.32 Å². The topological polar surface area (TPSA) is 57.9 Å². The SMILES string of the molecule is CC1(C)[C@H](Nc2ccc(C#N)nc2)[C@H]2CCO[C@H]21. The number of pyridine rings is 1. The van der Waals surface area contributed by atoms with Gasteiger partial charge in [0.2, 0.25) is 0 Å². The molecule has 0 amide bonds. The molecule has 94 valence electrons. The molecule has 1 saturated carbocycles. The van der Waals surface area contributed by atoms with Crippen molar-refractivity contribution in [2.24, 2.45) is 11.3 Å². The van der Waals surface area contributed by atoms with E-state index in [1.165, 1.54) is 0 Å². The van der Waals surface area contributed by atoms with E-state index >= 15 is 0 Å². The van der Waals surface area contributed by atoms with Gasteiger partial charge in [-0.15, -0.1) is 0 Å². The highest BCUT2D eigenvalue weighted by Gasteiger charge is 2.59. The molecule has 4 heteroatoms. The minimum atomic E-state index is 0.162. The summed E-state index contributed by atoms with van der Waals surface area (Å²) in [6.07, 6.45) is 3.26. The first-order valence-electron chi connectivity index (χ1n) is 6.37. The first-order valence-corrected chi connectivity index (χ1v) is 6.37. The van der Waals surface area contributed by atoms with Crippen molar-refractivity contribution in [3.63, 3.8) is 0 Å². The second-order valence-electron chi connectivity index (χ2n) is 5.73. The van der Waals surface area contributed by atoms with Gasteiger partial charge in [-0.25, -0.2) is 4.98 Å². The van der Waals surface area contributed by atoms with Crippen molar-refractivity contribution in [3.05, 3.63) is 24.0 Å². The molecule has 1 N–H and O–H groups in total. The molecule has 1 aromatic heterocycles. The highest BCUT2D eigenvalue weighted by molar-refractivity contribution is 5.45. The van der Waals surface area contributed by atoms with E-state index in [1.807, 2.05) is 12.1 Å². The van der Waals surface area contributed by atoms with Crippen LogP contribution in [-0.4, -0.2) is 23.7 Å². The third kappa shape index (κ3) is 1.58. The fourth-order valence-corrected chi connectivity index (χ4v) is 3.34. The van der Waals surface area contributed by atoms with E-state index in [0.717, 1.165) is 18.7 Å². The lowest BCUT2D eigenvalue weighted by molar-refractivity contribution is -0.0923. The number of fused-ring (bicyclic) bond motifs is 1. The van der Waals surface area contributed by atoms with E-state index < -0.39 is 0 Å². The molecule has 18 heavy (non-hydrogen) atoms. The number of anilines is 1. The Bertz CT molecular complexity index is 489. The van der Waals surface area contributed by atoms with E-state index in [2.05, 4.69) is 24.1 Å². The number of ether oxygens (including phenoxy) is 1. The van der Waals surface area contributed by atoms with Crippen molar-refractivity contribution in [2.45, 2.75) is 32.4 Å². The Kier molecular flexibility index (Phi) is 2.53. The molecule has 0 aromatic carbocycles. The predicted molar refractivity (Wildman–Crippen MR) is 68.0 cm³/mol. The molecule has 3 rings (SSSR count). The van der Waals surface area contributed by atoms with Gasteiger partial charge in [-0.2, -0.15) is 5.26 Å². The fraction of sp³-hybridized carbons (Fsp3) is 0.571. The molecule has 0 bridgehead atoms. The van der Waals surface area contributed by atoms with Crippen LogP contribution in [0, 0.1) is 22.7 Å². The molecular weight excluding hydrogens is 226 g/mol. The molecule has 1 aliphatic carbocycles. The van der Waals surface area contributed by atoms with Crippen molar-refractivity contribution in [1.82, 2.24) is 4.98 Å². The molecule has 1 saturated heterocycles. The van der Waals surface area contributed by atoms with Crippen molar-refractivity contribution >= 4 is 5.69 Å². The summed E-state index contributed by atoms with van der Waals surface area (Å²) in [4.78, 5) is 4.09. The lowest BCUT2D eigenvalue weighted by Gasteiger charge is -2.55. The highest BCUT2D eigenvalue weighted by atomic mass is 16.5. The van der Waals surface area contributed by atoms with Gasteiger partial charge in [0.1, 0.15) is 11.8 Å². The van der Waals surface area contributed by atoms with Crippen molar-refractivity contribution in [1.29, 1.82) is 5.26 Å². The van der Waals surface area contributed by atoms with Gasteiger partial charge in [0.15, 0.2) is 0 Å². The lowest BCUT2D eigenvalue weighted by atomic mass is 9.57. The second-order valence-corrected chi connectivity index (χ2v) is 5.73. The molecule has 2 heterocycles. The van der Waals surface area contributed by atoms with Crippen LogP contribution in [0.1, 0.15) is 26.0 Å². The van der Waals surface area contributed by atoms with Crippen LogP contribution in [0.25, 0.3) is 0 Å². The molecular formula is C14H17N3O. The molecule has 4 nitrogen and oxygen atoms in total. The predicted octanol–water partition coefficient (Wildman–Crippen LogP) is 2.18. The van der Waals surface area contributed by atoms with Gasteiger partial charge in [0, 0.05) is 24.0 Å².